The number of amides is 1. The van der Waals surface area contributed by atoms with Crippen molar-refractivity contribution in [2.75, 3.05) is 11.9 Å². The third-order valence-corrected chi connectivity index (χ3v) is 3.51. The predicted molar refractivity (Wildman–Crippen MR) is 86.0 cm³/mol. The standard InChI is InChI=1S/C15H16BrN3O3/c1-4-22-15(21)12-9(2)18-19(3)13(12)17-14(20)10-6-5-7-11(16)8-10/h5-8H,4H2,1-3H3,(H,17,20). The lowest BCUT2D eigenvalue weighted by atomic mass is 10.2. The summed E-state index contributed by atoms with van der Waals surface area (Å²) in [4.78, 5) is 24.4. The highest BCUT2D eigenvalue weighted by molar-refractivity contribution is 9.10. The lowest BCUT2D eigenvalue weighted by Crippen LogP contribution is -2.17. The molecule has 1 aromatic heterocycles. The molecule has 0 unspecified atom stereocenters. The number of carbonyl (C=O) groups is 2. The molecule has 116 valence electrons. The highest BCUT2D eigenvalue weighted by atomic mass is 79.9. The van der Waals surface area contributed by atoms with Gasteiger partial charge in [0, 0.05) is 17.1 Å². The molecule has 2 rings (SSSR count). The number of hydrogen-bond donors (Lipinski definition) is 1. The van der Waals surface area contributed by atoms with Crippen molar-refractivity contribution in [1.29, 1.82) is 0 Å². The fourth-order valence-electron chi connectivity index (χ4n) is 2.06. The van der Waals surface area contributed by atoms with E-state index in [0.717, 1.165) is 4.47 Å². The number of nitrogens with one attached hydrogen (secondary N) is 1. The van der Waals surface area contributed by atoms with Crippen molar-refractivity contribution in [2.24, 2.45) is 7.05 Å². The quantitative estimate of drug-likeness (QED) is 0.845. The molecule has 6 nitrogen and oxygen atoms in total. The van der Waals surface area contributed by atoms with E-state index in [-0.39, 0.29) is 18.1 Å². The first-order valence-corrected chi connectivity index (χ1v) is 7.51. The minimum Gasteiger partial charge on any atom is -0.462 e. The summed E-state index contributed by atoms with van der Waals surface area (Å²) in [5.74, 6) is -0.506. The minimum atomic E-state index is -0.502. The van der Waals surface area contributed by atoms with Crippen molar-refractivity contribution in [3.8, 4) is 0 Å². The maximum absolute atomic E-state index is 12.3. The average molecular weight is 366 g/mol. The Morgan fingerprint density at radius 3 is 2.77 bits per heavy atom. The Bertz CT molecular complexity index is 725. The number of ether oxygens (including phenoxy) is 1. The smallest absolute Gasteiger partial charge is 0.343 e. The van der Waals surface area contributed by atoms with Crippen molar-refractivity contribution in [2.45, 2.75) is 13.8 Å². The van der Waals surface area contributed by atoms with Crippen LogP contribution in [0.5, 0.6) is 0 Å². The van der Waals surface area contributed by atoms with Crippen LogP contribution in [-0.4, -0.2) is 28.3 Å². The molecule has 0 saturated heterocycles. The van der Waals surface area contributed by atoms with Gasteiger partial charge in [0.25, 0.3) is 5.91 Å². The van der Waals surface area contributed by atoms with Crippen LogP contribution in [0.4, 0.5) is 5.82 Å². The molecule has 7 heteroatoms. The second kappa shape index (κ2) is 6.74. The number of esters is 1. The lowest BCUT2D eigenvalue weighted by Gasteiger charge is -2.08. The van der Waals surface area contributed by atoms with E-state index in [1.54, 1.807) is 39.1 Å². The van der Waals surface area contributed by atoms with Crippen LogP contribution in [0.2, 0.25) is 0 Å². The van der Waals surface area contributed by atoms with Gasteiger partial charge < -0.3 is 10.1 Å². The first kappa shape index (κ1) is 16.2. The third-order valence-electron chi connectivity index (χ3n) is 3.02. The van der Waals surface area contributed by atoms with Gasteiger partial charge in [-0.1, -0.05) is 22.0 Å². The van der Waals surface area contributed by atoms with Crippen molar-refractivity contribution >= 4 is 33.6 Å². The number of rotatable bonds is 4. The summed E-state index contributed by atoms with van der Waals surface area (Å²) >= 11 is 3.32. The van der Waals surface area contributed by atoms with Crippen LogP contribution in [0.15, 0.2) is 28.7 Å². The van der Waals surface area contributed by atoms with Crippen LogP contribution in [-0.2, 0) is 11.8 Å². The molecule has 22 heavy (non-hydrogen) atoms. The first-order valence-electron chi connectivity index (χ1n) is 6.71. The molecule has 0 aliphatic heterocycles. The lowest BCUT2D eigenvalue weighted by molar-refractivity contribution is 0.0526. The van der Waals surface area contributed by atoms with Crippen molar-refractivity contribution in [1.82, 2.24) is 9.78 Å². The molecule has 0 aliphatic rings. The molecule has 0 spiro atoms. The maximum atomic E-state index is 12.3. The van der Waals surface area contributed by atoms with Gasteiger partial charge in [-0.15, -0.1) is 0 Å². The second-order valence-electron chi connectivity index (χ2n) is 4.62. The summed E-state index contributed by atoms with van der Waals surface area (Å²) in [5.41, 5.74) is 1.25. The van der Waals surface area contributed by atoms with E-state index in [2.05, 4.69) is 26.3 Å². The van der Waals surface area contributed by atoms with Crippen LogP contribution in [0.25, 0.3) is 0 Å². The van der Waals surface area contributed by atoms with E-state index in [1.165, 1.54) is 4.68 Å². The monoisotopic (exact) mass is 365 g/mol. The fraction of sp³-hybridized carbons (Fsp3) is 0.267. The molecule has 2 aromatic rings. The number of benzene rings is 1. The summed E-state index contributed by atoms with van der Waals surface area (Å²) in [6.45, 7) is 3.68. The molecule has 0 radical (unpaired) electrons. The highest BCUT2D eigenvalue weighted by Crippen LogP contribution is 2.21. The Labute approximate surface area is 136 Å². The van der Waals surface area contributed by atoms with Gasteiger partial charge in [-0.05, 0) is 32.0 Å². The van der Waals surface area contributed by atoms with E-state index in [9.17, 15) is 9.59 Å². The van der Waals surface area contributed by atoms with Gasteiger partial charge >= 0.3 is 5.97 Å². The molecular formula is C15H16BrN3O3. The van der Waals surface area contributed by atoms with Gasteiger partial charge in [0.1, 0.15) is 11.4 Å². The van der Waals surface area contributed by atoms with E-state index < -0.39 is 5.97 Å². The van der Waals surface area contributed by atoms with Gasteiger partial charge in [-0.25, -0.2) is 4.79 Å². The number of hydrogen-bond acceptors (Lipinski definition) is 4. The van der Waals surface area contributed by atoms with Crippen LogP contribution < -0.4 is 5.32 Å². The van der Waals surface area contributed by atoms with Crippen LogP contribution in [0.1, 0.15) is 33.3 Å². The van der Waals surface area contributed by atoms with Crippen LogP contribution in [0, 0.1) is 6.92 Å². The highest BCUT2D eigenvalue weighted by Gasteiger charge is 2.23. The van der Waals surface area contributed by atoms with Crippen molar-refractivity contribution in [3.63, 3.8) is 0 Å². The SMILES string of the molecule is CCOC(=O)c1c(C)nn(C)c1NC(=O)c1cccc(Br)c1. The Hall–Kier alpha value is -2.15. The van der Waals surface area contributed by atoms with E-state index in [4.69, 9.17) is 4.74 Å². The first-order chi connectivity index (χ1) is 10.4. The normalized spacial score (nSPS) is 10.4. The van der Waals surface area contributed by atoms with Crippen LogP contribution in [0.3, 0.4) is 0 Å². The third kappa shape index (κ3) is 3.36. The molecule has 0 fully saturated rings. The predicted octanol–water partition coefficient (Wildman–Crippen LogP) is 2.92. The molecule has 0 atom stereocenters. The zero-order valence-corrected chi connectivity index (χ0v) is 14.1. The minimum absolute atomic E-state index is 0.256. The zero-order valence-electron chi connectivity index (χ0n) is 12.5. The summed E-state index contributed by atoms with van der Waals surface area (Å²) in [6.07, 6.45) is 0. The Morgan fingerprint density at radius 1 is 1.41 bits per heavy atom. The summed E-state index contributed by atoms with van der Waals surface area (Å²) in [7, 11) is 1.66. The fourth-order valence-corrected chi connectivity index (χ4v) is 2.46. The van der Waals surface area contributed by atoms with E-state index >= 15 is 0 Å². The number of halogens is 1. The second-order valence-corrected chi connectivity index (χ2v) is 5.53. The Kier molecular flexibility index (Phi) is 4.97. The molecule has 0 bridgehead atoms. The Balaban J connectivity index is 2.33. The zero-order chi connectivity index (χ0) is 16.3. The van der Waals surface area contributed by atoms with Crippen molar-refractivity contribution < 1.29 is 14.3 Å². The Morgan fingerprint density at radius 2 is 2.14 bits per heavy atom. The molecule has 1 aromatic carbocycles. The molecular weight excluding hydrogens is 350 g/mol. The van der Waals surface area contributed by atoms with E-state index in [1.807, 2.05) is 6.07 Å². The molecule has 0 aliphatic carbocycles. The number of anilines is 1. The molecule has 0 saturated carbocycles. The summed E-state index contributed by atoms with van der Waals surface area (Å²) < 4.78 is 7.27. The average Bonchev–Trinajstić information content (AvgIpc) is 2.73. The van der Waals surface area contributed by atoms with Crippen molar-refractivity contribution in [3.05, 3.63) is 45.6 Å². The number of nitrogens with zero attached hydrogens (tertiary/aromatic N) is 2. The topological polar surface area (TPSA) is 73.2 Å². The van der Waals surface area contributed by atoms with Gasteiger partial charge in [-0.3, -0.25) is 9.48 Å². The molecule has 1 N–H and O–H groups in total. The summed E-state index contributed by atoms with van der Waals surface area (Å²) in [5, 5.41) is 6.89. The number of aryl methyl sites for hydroxylation is 2. The summed E-state index contributed by atoms with van der Waals surface area (Å²) in [6, 6.07) is 6.98. The van der Waals surface area contributed by atoms with Crippen LogP contribution >= 0.6 is 15.9 Å². The largest absolute Gasteiger partial charge is 0.462 e. The van der Waals surface area contributed by atoms with E-state index in [0.29, 0.717) is 17.1 Å². The van der Waals surface area contributed by atoms with Gasteiger partial charge in [-0.2, -0.15) is 5.10 Å². The van der Waals surface area contributed by atoms with Gasteiger partial charge in [0.2, 0.25) is 0 Å². The molecule has 1 heterocycles. The van der Waals surface area contributed by atoms with Gasteiger partial charge in [0.15, 0.2) is 0 Å². The van der Waals surface area contributed by atoms with Gasteiger partial charge in [0.05, 0.1) is 12.3 Å². The molecule has 1 amide bonds. The number of carbonyl (C=O) groups excluding carboxylic acids is 2. The maximum Gasteiger partial charge on any atom is 0.343 e. The number of aromatic nitrogens is 2.